The van der Waals surface area contributed by atoms with Gasteiger partial charge >= 0.3 is 11.9 Å². The number of nitrogens with one attached hydrogen (secondary N) is 1. The van der Waals surface area contributed by atoms with E-state index in [1.54, 1.807) is 66.7 Å². The van der Waals surface area contributed by atoms with Gasteiger partial charge in [-0.05, 0) is 68.8 Å². The highest BCUT2D eigenvalue weighted by Gasteiger charge is 2.21. The molecule has 208 valence electrons. The first-order valence-corrected chi connectivity index (χ1v) is 12.8. The van der Waals surface area contributed by atoms with Crippen LogP contribution in [0.1, 0.15) is 64.2 Å². The van der Waals surface area contributed by atoms with Crippen molar-refractivity contribution in [3.8, 4) is 5.75 Å². The Morgan fingerprint density at radius 2 is 1.23 bits per heavy atom. The maximum Gasteiger partial charge on any atom is 0.338 e. The molecule has 0 aliphatic rings. The molecule has 0 spiro atoms. The Morgan fingerprint density at radius 3 is 1.82 bits per heavy atom. The number of amides is 1. The summed E-state index contributed by atoms with van der Waals surface area (Å²) in [6, 6.07) is 21.1. The van der Waals surface area contributed by atoms with Crippen LogP contribution in [0.2, 0.25) is 0 Å². The first kappa shape index (κ1) is 29.8. The molecule has 0 unspecified atom stereocenters. The number of hydrogen-bond acceptors (Lipinski definition) is 8. The van der Waals surface area contributed by atoms with Crippen molar-refractivity contribution in [1.29, 1.82) is 0 Å². The minimum absolute atomic E-state index is 0.0294. The van der Waals surface area contributed by atoms with Gasteiger partial charge in [-0.15, -0.1) is 0 Å². The Kier molecular flexibility index (Phi) is 10.7. The summed E-state index contributed by atoms with van der Waals surface area (Å²) in [5, 5.41) is 2.69. The van der Waals surface area contributed by atoms with Crippen LogP contribution < -0.4 is 10.1 Å². The second-order valence-electron chi connectivity index (χ2n) is 8.98. The normalized spacial score (nSPS) is 12.0. The molecular formula is C31H31NO8. The van der Waals surface area contributed by atoms with E-state index in [-0.39, 0.29) is 42.3 Å². The van der Waals surface area contributed by atoms with Crippen molar-refractivity contribution < 1.29 is 38.2 Å². The summed E-state index contributed by atoms with van der Waals surface area (Å²) < 4.78 is 15.6. The summed E-state index contributed by atoms with van der Waals surface area (Å²) in [6.07, 6.45) is -1.66. The van der Waals surface area contributed by atoms with Gasteiger partial charge < -0.3 is 19.5 Å². The maximum atomic E-state index is 12.4. The van der Waals surface area contributed by atoms with Crippen molar-refractivity contribution >= 4 is 35.1 Å². The van der Waals surface area contributed by atoms with E-state index in [2.05, 4.69) is 5.32 Å². The van der Waals surface area contributed by atoms with E-state index in [9.17, 15) is 24.0 Å². The first-order chi connectivity index (χ1) is 19.2. The number of ether oxygens (including phenoxy) is 3. The average Bonchev–Trinajstić information content (AvgIpc) is 2.97. The molecule has 0 aliphatic carbocycles. The number of anilines is 1. The van der Waals surface area contributed by atoms with Crippen LogP contribution in [0.3, 0.4) is 0 Å². The maximum absolute atomic E-state index is 12.4. The Hall–Kier alpha value is -4.79. The van der Waals surface area contributed by atoms with Crippen LogP contribution >= 0.6 is 0 Å². The average molecular weight is 546 g/mol. The summed E-state index contributed by atoms with van der Waals surface area (Å²) in [4.78, 5) is 61.7. The molecule has 0 bridgehead atoms. The minimum atomic E-state index is -0.959. The zero-order valence-electron chi connectivity index (χ0n) is 22.5. The van der Waals surface area contributed by atoms with Crippen molar-refractivity contribution in [2.75, 3.05) is 12.4 Å². The molecule has 0 aromatic heterocycles. The molecule has 0 saturated carbocycles. The number of carbonyl (C=O) groups is 5. The van der Waals surface area contributed by atoms with Gasteiger partial charge in [0.25, 0.3) is 0 Å². The van der Waals surface area contributed by atoms with Crippen LogP contribution in [0.25, 0.3) is 0 Å². The monoisotopic (exact) mass is 545 g/mol. The van der Waals surface area contributed by atoms with E-state index in [0.717, 1.165) is 0 Å². The smallest absolute Gasteiger partial charge is 0.338 e. The zero-order valence-corrected chi connectivity index (χ0v) is 22.5. The number of rotatable bonds is 13. The van der Waals surface area contributed by atoms with Gasteiger partial charge in [-0.1, -0.05) is 30.3 Å². The fourth-order valence-electron chi connectivity index (χ4n) is 3.73. The van der Waals surface area contributed by atoms with Crippen LogP contribution in [-0.2, 0) is 19.1 Å². The lowest BCUT2D eigenvalue weighted by Gasteiger charge is -2.13. The van der Waals surface area contributed by atoms with E-state index in [1.165, 1.54) is 33.1 Å². The van der Waals surface area contributed by atoms with Crippen LogP contribution in [0.15, 0.2) is 78.9 Å². The molecule has 9 nitrogen and oxygen atoms in total. The lowest BCUT2D eigenvalue weighted by atomic mass is 10.1. The van der Waals surface area contributed by atoms with E-state index >= 15 is 0 Å². The number of hydrogen-bond donors (Lipinski definition) is 1. The molecule has 3 aromatic rings. The van der Waals surface area contributed by atoms with Gasteiger partial charge in [0.1, 0.15) is 5.75 Å². The largest absolute Gasteiger partial charge is 0.497 e. The Labute approximate surface area is 232 Å². The molecule has 3 rings (SSSR count). The lowest BCUT2D eigenvalue weighted by Crippen LogP contribution is -2.24. The van der Waals surface area contributed by atoms with Gasteiger partial charge in [-0.2, -0.15) is 0 Å². The quantitative estimate of drug-likeness (QED) is 0.234. The van der Waals surface area contributed by atoms with Crippen molar-refractivity contribution in [2.24, 2.45) is 0 Å². The third-order valence-electron chi connectivity index (χ3n) is 5.95. The van der Waals surface area contributed by atoms with Crippen LogP contribution in [0.5, 0.6) is 5.75 Å². The van der Waals surface area contributed by atoms with E-state index in [0.29, 0.717) is 22.6 Å². The molecule has 0 fully saturated rings. The molecular weight excluding hydrogens is 514 g/mol. The predicted octanol–water partition coefficient (Wildman–Crippen LogP) is 5.05. The van der Waals surface area contributed by atoms with Gasteiger partial charge in [-0.3, -0.25) is 19.2 Å². The molecule has 40 heavy (non-hydrogen) atoms. The summed E-state index contributed by atoms with van der Waals surface area (Å²) in [7, 11) is 1.52. The number of Topliss-reactive ketones (excluding diaryl/α,β-unsaturated/α-hetero) is 2. The standard InChI is InChI=1S/C31H31NO8/c1-20(29(35)23-14-18-26(38-3)19-15-23)39-28(34)11-7-10-27(33)32-25-16-12-24(13-17-25)31(37)40-21(2)30(36)22-8-5-4-6-9-22/h4-6,8-9,12-21H,7,10-11H2,1-3H3,(H,32,33)/t20-,21+/m0/s1. The lowest BCUT2D eigenvalue weighted by molar-refractivity contribution is -0.146. The van der Waals surface area contributed by atoms with Crippen LogP contribution in [-0.4, -0.2) is 48.7 Å². The molecule has 3 aromatic carbocycles. The Balaban J connectivity index is 1.39. The van der Waals surface area contributed by atoms with Gasteiger partial charge in [0.05, 0.1) is 12.7 Å². The number of benzene rings is 3. The molecule has 0 aliphatic heterocycles. The van der Waals surface area contributed by atoms with Crippen molar-refractivity contribution in [1.82, 2.24) is 0 Å². The van der Waals surface area contributed by atoms with Gasteiger partial charge in [0.15, 0.2) is 12.2 Å². The summed E-state index contributed by atoms with van der Waals surface area (Å²) >= 11 is 0. The van der Waals surface area contributed by atoms with Crippen LogP contribution in [0.4, 0.5) is 5.69 Å². The Bertz CT molecular complexity index is 1330. The van der Waals surface area contributed by atoms with Gasteiger partial charge in [0, 0.05) is 29.7 Å². The molecule has 2 atom stereocenters. The number of carbonyl (C=O) groups excluding carboxylic acids is 5. The molecule has 0 heterocycles. The highest BCUT2D eigenvalue weighted by atomic mass is 16.5. The van der Waals surface area contributed by atoms with E-state index < -0.39 is 24.1 Å². The van der Waals surface area contributed by atoms with Crippen molar-refractivity contribution in [2.45, 2.75) is 45.3 Å². The topological polar surface area (TPSA) is 125 Å². The molecule has 9 heteroatoms. The summed E-state index contributed by atoms with van der Waals surface area (Å²) in [6.45, 7) is 3.01. The minimum Gasteiger partial charge on any atom is -0.497 e. The fourth-order valence-corrected chi connectivity index (χ4v) is 3.73. The SMILES string of the molecule is COc1ccc(C(=O)[C@H](C)OC(=O)CCCC(=O)Nc2ccc(C(=O)O[C@H](C)C(=O)c3ccccc3)cc2)cc1. The molecule has 1 amide bonds. The third kappa shape index (κ3) is 8.62. The van der Waals surface area contributed by atoms with Gasteiger partial charge in [-0.25, -0.2) is 4.79 Å². The van der Waals surface area contributed by atoms with Crippen molar-refractivity contribution in [3.05, 3.63) is 95.6 Å². The highest BCUT2D eigenvalue weighted by Crippen LogP contribution is 2.16. The number of esters is 2. The summed E-state index contributed by atoms with van der Waals surface area (Å²) in [5.74, 6) is -1.59. The summed E-state index contributed by atoms with van der Waals surface area (Å²) in [5.41, 5.74) is 1.53. The van der Waals surface area contributed by atoms with E-state index in [4.69, 9.17) is 14.2 Å². The fraction of sp³-hybridized carbons (Fsp3) is 0.258. The Morgan fingerprint density at radius 1 is 0.675 bits per heavy atom. The van der Waals surface area contributed by atoms with Crippen molar-refractivity contribution in [3.63, 3.8) is 0 Å². The molecule has 0 radical (unpaired) electrons. The number of methoxy groups -OCH3 is 1. The van der Waals surface area contributed by atoms with Gasteiger partial charge in [0.2, 0.25) is 17.5 Å². The van der Waals surface area contributed by atoms with Crippen LogP contribution in [0, 0.1) is 0 Å². The highest BCUT2D eigenvalue weighted by molar-refractivity contribution is 6.02. The third-order valence-corrected chi connectivity index (χ3v) is 5.95. The zero-order chi connectivity index (χ0) is 29.1. The molecule has 1 N–H and O–H groups in total. The second-order valence-corrected chi connectivity index (χ2v) is 8.98. The first-order valence-electron chi connectivity index (χ1n) is 12.8. The number of ketones is 2. The molecule has 0 saturated heterocycles. The predicted molar refractivity (Wildman–Crippen MR) is 147 cm³/mol. The second kappa shape index (κ2) is 14.4. The van der Waals surface area contributed by atoms with E-state index in [1.807, 2.05) is 0 Å².